The van der Waals surface area contributed by atoms with E-state index in [2.05, 4.69) is 22.3 Å². The monoisotopic (exact) mass is 411 g/mol. The van der Waals surface area contributed by atoms with Gasteiger partial charge in [0, 0.05) is 43.4 Å². The largest absolute Gasteiger partial charge is 0.347 e. The van der Waals surface area contributed by atoms with E-state index in [4.69, 9.17) is 0 Å². The highest BCUT2D eigenvalue weighted by molar-refractivity contribution is 5.95. The van der Waals surface area contributed by atoms with Crippen molar-refractivity contribution in [2.24, 2.45) is 5.92 Å². The van der Waals surface area contributed by atoms with Crippen molar-refractivity contribution < 1.29 is 13.6 Å². The average molecular weight is 411 g/mol. The first-order valence-corrected chi connectivity index (χ1v) is 10.3. The first-order chi connectivity index (χ1) is 14.5. The molecule has 0 saturated carbocycles. The first kappa shape index (κ1) is 19.0. The summed E-state index contributed by atoms with van der Waals surface area (Å²) in [5.41, 5.74) is 2.43. The molecule has 0 bridgehead atoms. The zero-order valence-electron chi connectivity index (χ0n) is 16.7. The van der Waals surface area contributed by atoms with Crippen molar-refractivity contribution in [3.05, 3.63) is 59.3 Å². The maximum absolute atomic E-state index is 14.1. The SMILES string of the molecule is CC1CCn2ncc(C(=O)NC3CCc4nc(-c5ccc(F)cc5F)cn4C3)c2C1. The van der Waals surface area contributed by atoms with Crippen LogP contribution >= 0.6 is 0 Å². The van der Waals surface area contributed by atoms with Crippen LogP contribution in [0.4, 0.5) is 8.78 Å². The fraction of sp³-hybridized carbons (Fsp3) is 0.409. The second kappa shape index (κ2) is 7.34. The molecule has 0 aliphatic carbocycles. The normalized spacial score (nSPS) is 20.5. The zero-order valence-corrected chi connectivity index (χ0v) is 16.7. The van der Waals surface area contributed by atoms with Gasteiger partial charge in [0.05, 0.1) is 23.1 Å². The first-order valence-electron chi connectivity index (χ1n) is 10.3. The maximum Gasteiger partial charge on any atom is 0.255 e. The Morgan fingerprint density at radius 3 is 2.97 bits per heavy atom. The average Bonchev–Trinajstić information content (AvgIpc) is 3.31. The Kier molecular flexibility index (Phi) is 4.64. The molecule has 2 aliphatic rings. The van der Waals surface area contributed by atoms with Gasteiger partial charge in [0.2, 0.25) is 0 Å². The number of rotatable bonds is 3. The smallest absolute Gasteiger partial charge is 0.255 e. The van der Waals surface area contributed by atoms with E-state index >= 15 is 0 Å². The molecule has 1 N–H and O–H groups in total. The number of carbonyl (C=O) groups excluding carboxylic acids is 1. The van der Waals surface area contributed by atoms with Crippen LogP contribution in [0.2, 0.25) is 0 Å². The van der Waals surface area contributed by atoms with Crippen molar-refractivity contribution in [3.8, 4) is 11.3 Å². The van der Waals surface area contributed by atoms with Crippen LogP contribution in [0.3, 0.4) is 0 Å². The number of halogens is 2. The summed E-state index contributed by atoms with van der Waals surface area (Å²) in [5.74, 6) is 0.0594. The summed E-state index contributed by atoms with van der Waals surface area (Å²) < 4.78 is 31.2. The molecule has 4 heterocycles. The lowest BCUT2D eigenvalue weighted by atomic mass is 9.96. The predicted octanol–water partition coefficient (Wildman–Crippen LogP) is 3.35. The Hall–Kier alpha value is -3.03. The van der Waals surface area contributed by atoms with Crippen LogP contribution in [-0.4, -0.2) is 31.3 Å². The van der Waals surface area contributed by atoms with Gasteiger partial charge in [-0.2, -0.15) is 5.10 Å². The van der Waals surface area contributed by atoms with Gasteiger partial charge >= 0.3 is 0 Å². The molecule has 3 aromatic rings. The Morgan fingerprint density at radius 1 is 1.27 bits per heavy atom. The number of nitrogens with one attached hydrogen (secondary N) is 1. The van der Waals surface area contributed by atoms with Crippen LogP contribution in [-0.2, 0) is 25.9 Å². The van der Waals surface area contributed by atoms with Gasteiger partial charge in [-0.05, 0) is 37.3 Å². The quantitative estimate of drug-likeness (QED) is 0.719. The summed E-state index contributed by atoms with van der Waals surface area (Å²) in [6.45, 7) is 3.62. The standard InChI is InChI=1S/C22H23F2N5O/c1-13-6-7-29-20(8-13)17(10-25-29)22(30)26-15-3-5-21-27-19(12-28(21)11-15)16-4-2-14(23)9-18(16)24/h2,4,9-10,12-13,15H,3,5-8,11H2,1H3,(H,26,30). The van der Waals surface area contributed by atoms with Crippen LogP contribution < -0.4 is 5.32 Å². The van der Waals surface area contributed by atoms with E-state index in [1.807, 2.05) is 9.25 Å². The lowest BCUT2D eigenvalue weighted by molar-refractivity contribution is 0.0926. The van der Waals surface area contributed by atoms with E-state index in [1.54, 1.807) is 12.4 Å². The summed E-state index contributed by atoms with van der Waals surface area (Å²) in [7, 11) is 0. The fourth-order valence-electron chi connectivity index (χ4n) is 4.43. The highest BCUT2D eigenvalue weighted by Crippen LogP contribution is 2.26. The summed E-state index contributed by atoms with van der Waals surface area (Å²) >= 11 is 0. The molecule has 30 heavy (non-hydrogen) atoms. The summed E-state index contributed by atoms with van der Waals surface area (Å²) in [5, 5.41) is 7.50. The maximum atomic E-state index is 14.1. The summed E-state index contributed by atoms with van der Waals surface area (Å²) in [6, 6.07) is 3.46. The Morgan fingerprint density at radius 2 is 2.13 bits per heavy atom. The topological polar surface area (TPSA) is 64.7 Å². The van der Waals surface area contributed by atoms with Crippen molar-refractivity contribution in [3.63, 3.8) is 0 Å². The number of carbonyl (C=O) groups is 1. The number of aromatic nitrogens is 4. The van der Waals surface area contributed by atoms with Gasteiger partial charge in [0.25, 0.3) is 5.91 Å². The van der Waals surface area contributed by atoms with E-state index in [9.17, 15) is 13.6 Å². The van der Waals surface area contributed by atoms with Gasteiger partial charge in [-0.25, -0.2) is 13.8 Å². The van der Waals surface area contributed by atoms with Crippen LogP contribution in [0.1, 0.15) is 41.6 Å². The third-order valence-electron chi connectivity index (χ3n) is 6.10. The van der Waals surface area contributed by atoms with Crippen molar-refractivity contribution in [1.29, 1.82) is 0 Å². The number of fused-ring (bicyclic) bond motifs is 2. The van der Waals surface area contributed by atoms with Crippen LogP contribution in [0.15, 0.2) is 30.6 Å². The molecule has 0 fully saturated rings. The minimum absolute atomic E-state index is 0.0401. The lowest BCUT2D eigenvalue weighted by Gasteiger charge is -2.25. The second-order valence-corrected chi connectivity index (χ2v) is 8.35. The number of imidazole rings is 1. The van der Waals surface area contributed by atoms with Gasteiger partial charge in [0.15, 0.2) is 0 Å². The molecule has 2 atom stereocenters. The third-order valence-corrected chi connectivity index (χ3v) is 6.10. The summed E-state index contributed by atoms with van der Waals surface area (Å²) in [4.78, 5) is 17.4. The molecule has 1 amide bonds. The minimum atomic E-state index is -0.629. The molecule has 2 aromatic heterocycles. The van der Waals surface area contributed by atoms with Crippen molar-refractivity contribution in [1.82, 2.24) is 24.6 Å². The molecule has 0 saturated heterocycles. The molecule has 2 aliphatic heterocycles. The molecular formula is C22H23F2N5O. The molecule has 1 aromatic carbocycles. The van der Waals surface area contributed by atoms with Crippen molar-refractivity contribution in [2.75, 3.05) is 0 Å². The van der Waals surface area contributed by atoms with E-state index in [0.717, 1.165) is 43.4 Å². The Bertz CT molecular complexity index is 1120. The van der Waals surface area contributed by atoms with E-state index in [0.29, 0.717) is 30.1 Å². The lowest BCUT2D eigenvalue weighted by Crippen LogP contribution is -2.41. The Balaban J connectivity index is 1.31. The fourth-order valence-corrected chi connectivity index (χ4v) is 4.43. The van der Waals surface area contributed by atoms with Crippen LogP contribution in [0.25, 0.3) is 11.3 Å². The molecule has 6 nitrogen and oxygen atoms in total. The van der Waals surface area contributed by atoms with Crippen molar-refractivity contribution >= 4 is 5.91 Å². The molecule has 2 unspecified atom stereocenters. The number of aryl methyl sites for hydroxylation is 2. The van der Waals surface area contributed by atoms with Gasteiger partial charge in [-0.3, -0.25) is 9.48 Å². The highest BCUT2D eigenvalue weighted by atomic mass is 19.1. The second-order valence-electron chi connectivity index (χ2n) is 8.35. The molecule has 0 radical (unpaired) electrons. The predicted molar refractivity (Wildman–Crippen MR) is 107 cm³/mol. The number of hydrogen-bond donors (Lipinski definition) is 1. The van der Waals surface area contributed by atoms with E-state index in [1.165, 1.54) is 12.1 Å². The van der Waals surface area contributed by atoms with Gasteiger partial charge < -0.3 is 9.88 Å². The van der Waals surface area contributed by atoms with Gasteiger partial charge in [-0.1, -0.05) is 6.92 Å². The summed E-state index contributed by atoms with van der Waals surface area (Å²) in [6.07, 6.45) is 6.83. The third kappa shape index (κ3) is 3.40. The van der Waals surface area contributed by atoms with Gasteiger partial charge in [0.1, 0.15) is 17.5 Å². The molecule has 8 heteroatoms. The van der Waals surface area contributed by atoms with Crippen molar-refractivity contribution in [2.45, 2.75) is 51.7 Å². The minimum Gasteiger partial charge on any atom is -0.347 e. The molecule has 5 rings (SSSR count). The van der Waals surface area contributed by atoms with E-state index < -0.39 is 11.6 Å². The zero-order chi connectivity index (χ0) is 20.8. The molecule has 0 spiro atoms. The number of nitrogens with zero attached hydrogens (tertiary/aromatic N) is 4. The van der Waals surface area contributed by atoms with Crippen LogP contribution in [0.5, 0.6) is 0 Å². The molecular weight excluding hydrogens is 388 g/mol. The molecule has 156 valence electrons. The highest BCUT2D eigenvalue weighted by Gasteiger charge is 2.27. The number of amides is 1. The number of hydrogen-bond acceptors (Lipinski definition) is 3. The van der Waals surface area contributed by atoms with Crippen LogP contribution in [0, 0.1) is 17.6 Å². The number of benzene rings is 1. The van der Waals surface area contributed by atoms with Gasteiger partial charge in [-0.15, -0.1) is 0 Å². The Labute approximate surface area is 172 Å². The van der Waals surface area contributed by atoms with E-state index in [-0.39, 0.29) is 17.5 Å².